The summed E-state index contributed by atoms with van der Waals surface area (Å²) in [6.45, 7) is 6.08. The molecule has 1 N–H and O–H groups in total. The highest BCUT2D eigenvalue weighted by Gasteiger charge is 2.23. The second-order valence-corrected chi connectivity index (χ2v) is 7.32. The molecule has 1 fully saturated rings. The molecule has 1 aromatic carbocycles. The van der Waals surface area contributed by atoms with Gasteiger partial charge in [-0.1, -0.05) is 22.0 Å². The number of aryl methyl sites for hydroxylation is 2. The van der Waals surface area contributed by atoms with E-state index in [2.05, 4.69) is 55.5 Å². The molecule has 5 nitrogen and oxygen atoms in total. The summed E-state index contributed by atoms with van der Waals surface area (Å²) in [4.78, 5) is 2.47. The standard InChI is InChI=1S/C18H25BrN4O/c1-13-17(18(24-3)22(2)21-13)11-20-10-14-7-8-23(12-14)16-6-4-5-15(19)9-16/h4-6,9,14,20H,7-8,10-12H2,1-3H3/t14-/m0/s1. The molecule has 2 aromatic rings. The Hall–Kier alpha value is -1.53. The maximum Gasteiger partial charge on any atom is 0.216 e. The topological polar surface area (TPSA) is 42.3 Å². The molecule has 6 heteroatoms. The molecule has 0 radical (unpaired) electrons. The fourth-order valence-corrected chi connectivity index (χ4v) is 3.83. The summed E-state index contributed by atoms with van der Waals surface area (Å²) in [5.41, 5.74) is 3.49. The molecule has 1 aromatic heterocycles. The van der Waals surface area contributed by atoms with Crippen LogP contribution in [0.4, 0.5) is 5.69 Å². The maximum absolute atomic E-state index is 5.45. The Labute approximate surface area is 152 Å². The lowest BCUT2D eigenvalue weighted by Gasteiger charge is -2.19. The molecule has 3 rings (SSSR count). The fraction of sp³-hybridized carbons (Fsp3) is 0.500. The summed E-state index contributed by atoms with van der Waals surface area (Å²) in [5.74, 6) is 1.52. The van der Waals surface area contributed by atoms with Gasteiger partial charge in [-0.05, 0) is 37.5 Å². The van der Waals surface area contributed by atoms with Crippen LogP contribution in [0, 0.1) is 12.8 Å². The van der Waals surface area contributed by atoms with Crippen LogP contribution in [0.1, 0.15) is 17.7 Å². The summed E-state index contributed by atoms with van der Waals surface area (Å²) in [5, 5.41) is 8.02. The molecule has 24 heavy (non-hydrogen) atoms. The van der Waals surface area contributed by atoms with E-state index in [-0.39, 0.29) is 0 Å². The van der Waals surface area contributed by atoms with Gasteiger partial charge in [0.05, 0.1) is 18.4 Å². The number of ether oxygens (including phenoxy) is 1. The number of aromatic nitrogens is 2. The molecule has 0 bridgehead atoms. The first-order valence-corrected chi connectivity index (χ1v) is 9.15. The van der Waals surface area contributed by atoms with Crippen molar-refractivity contribution in [1.29, 1.82) is 0 Å². The lowest BCUT2D eigenvalue weighted by Crippen LogP contribution is -2.26. The van der Waals surface area contributed by atoms with Crippen molar-refractivity contribution in [1.82, 2.24) is 15.1 Å². The Morgan fingerprint density at radius 1 is 1.42 bits per heavy atom. The van der Waals surface area contributed by atoms with E-state index in [9.17, 15) is 0 Å². The molecular formula is C18H25BrN4O. The molecule has 1 aliphatic heterocycles. The summed E-state index contributed by atoms with van der Waals surface area (Å²) in [6, 6.07) is 8.55. The fourth-order valence-electron chi connectivity index (χ4n) is 3.45. The van der Waals surface area contributed by atoms with Gasteiger partial charge in [0.1, 0.15) is 0 Å². The summed E-state index contributed by atoms with van der Waals surface area (Å²) in [6.07, 6.45) is 1.22. The largest absolute Gasteiger partial charge is 0.481 e. The van der Waals surface area contributed by atoms with E-state index in [0.29, 0.717) is 5.92 Å². The highest BCUT2D eigenvalue weighted by Crippen LogP contribution is 2.26. The highest BCUT2D eigenvalue weighted by molar-refractivity contribution is 9.10. The van der Waals surface area contributed by atoms with E-state index in [1.807, 2.05) is 14.0 Å². The average molecular weight is 393 g/mol. The predicted molar refractivity (Wildman–Crippen MR) is 101 cm³/mol. The number of benzene rings is 1. The summed E-state index contributed by atoms with van der Waals surface area (Å²) in [7, 11) is 3.62. The van der Waals surface area contributed by atoms with Crippen LogP contribution in [-0.4, -0.2) is 36.5 Å². The van der Waals surface area contributed by atoms with Gasteiger partial charge in [0.15, 0.2) is 0 Å². The van der Waals surface area contributed by atoms with E-state index in [1.165, 1.54) is 12.1 Å². The van der Waals surface area contributed by atoms with Crippen molar-refractivity contribution in [2.24, 2.45) is 13.0 Å². The first-order valence-electron chi connectivity index (χ1n) is 8.36. The van der Waals surface area contributed by atoms with Crippen LogP contribution in [-0.2, 0) is 13.6 Å². The van der Waals surface area contributed by atoms with Gasteiger partial charge >= 0.3 is 0 Å². The van der Waals surface area contributed by atoms with E-state index >= 15 is 0 Å². The van der Waals surface area contributed by atoms with Crippen LogP contribution >= 0.6 is 15.9 Å². The molecule has 2 heterocycles. The van der Waals surface area contributed by atoms with Gasteiger partial charge in [0, 0.05) is 43.4 Å². The third-order valence-electron chi connectivity index (χ3n) is 4.68. The van der Waals surface area contributed by atoms with Gasteiger partial charge in [-0.3, -0.25) is 0 Å². The van der Waals surface area contributed by atoms with Crippen LogP contribution in [0.3, 0.4) is 0 Å². The van der Waals surface area contributed by atoms with Crippen molar-refractivity contribution in [3.63, 3.8) is 0 Å². The van der Waals surface area contributed by atoms with Crippen LogP contribution < -0.4 is 15.0 Å². The number of halogens is 1. The second kappa shape index (κ2) is 7.57. The number of anilines is 1. The smallest absolute Gasteiger partial charge is 0.216 e. The molecule has 0 saturated carbocycles. The van der Waals surface area contributed by atoms with Crippen molar-refractivity contribution < 1.29 is 4.74 Å². The van der Waals surface area contributed by atoms with E-state index in [0.717, 1.165) is 47.8 Å². The van der Waals surface area contributed by atoms with E-state index in [4.69, 9.17) is 4.74 Å². The number of rotatable bonds is 6. The monoisotopic (exact) mass is 392 g/mol. The van der Waals surface area contributed by atoms with Crippen LogP contribution in [0.15, 0.2) is 28.7 Å². The summed E-state index contributed by atoms with van der Waals surface area (Å²) >= 11 is 3.56. The van der Waals surface area contributed by atoms with Crippen molar-refractivity contribution in [3.05, 3.63) is 40.0 Å². The molecule has 1 aliphatic rings. The normalized spacial score (nSPS) is 17.5. The van der Waals surface area contributed by atoms with Gasteiger partial charge in [-0.25, -0.2) is 4.68 Å². The van der Waals surface area contributed by atoms with Gasteiger partial charge in [-0.2, -0.15) is 5.10 Å². The molecule has 1 atom stereocenters. The molecule has 0 amide bonds. The third kappa shape index (κ3) is 3.75. The van der Waals surface area contributed by atoms with Crippen LogP contribution in [0.5, 0.6) is 5.88 Å². The van der Waals surface area contributed by atoms with E-state index < -0.39 is 0 Å². The molecule has 1 saturated heterocycles. The van der Waals surface area contributed by atoms with Crippen molar-refractivity contribution in [2.45, 2.75) is 19.9 Å². The Morgan fingerprint density at radius 3 is 3.00 bits per heavy atom. The quantitative estimate of drug-likeness (QED) is 0.819. The molecule has 0 unspecified atom stereocenters. The van der Waals surface area contributed by atoms with Gasteiger partial charge in [0.2, 0.25) is 5.88 Å². The summed E-state index contributed by atoms with van der Waals surface area (Å²) < 4.78 is 8.40. The molecule has 130 valence electrons. The number of nitrogens with one attached hydrogen (secondary N) is 1. The Kier molecular flexibility index (Phi) is 5.46. The number of methoxy groups -OCH3 is 1. The lowest BCUT2D eigenvalue weighted by atomic mass is 10.1. The Bertz CT molecular complexity index is 700. The number of hydrogen-bond donors (Lipinski definition) is 1. The van der Waals surface area contributed by atoms with Crippen LogP contribution in [0.2, 0.25) is 0 Å². The second-order valence-electron chi connectivity index (χ2n) is 6.41. The van der Waals surface area contributed by atoms with Gasteiger partial charge in [0.25, 0.3) is 0 Å². The van der Waals surface area contributed by atoms with Crippen molar-refractivity contribution in [2.75, 3.05) is 31.6 Å². The van der Waals surface area contributed by atoms with Crippen LogP contribution in [0.25, 0.3) is 0 Å². The van der Waals surface area contributed by atoms with Crippen molar-refractivity contribution >= 4 is 21.6 Å². The zero-order valence-electron chi connectivity index (χ0n) is 14.6. The first-order chi connectivity index (χ1) is 11.6. The zero-order valence-corrected chi connectivity index (χ0v) is 16.1. The van der Waals surface area contributed by atoms with Gasteiger partial charge in [-0.15, -0.1) is 0 Å². The lowest BCUT2D eigenvalue weighted by molar-refractivity contribution is 0.367. The number of nitrogens with zero attached hydrogens (tertiary/aromatic N) is 3. The minimum absolute atomic E-state index is 0.673. The molecule has 0 aliphatic carbocycles. The van der Waals surface area contributed by atoms with Crippen molar-refractivity contribution in [3.8, 4) is 5.88 Å². The first kappa shape index (κ1) is 17.3. The minimum Gasteiger partial charge on any atom is -0.481 e. The number of hydrogen-bond acceptors (Lipinski definition) is 4. The average Bonchev–Trinajstić information content (AvgIpc) is 3.12. The predicted octanol–water partition coefficient (Wildman–Crippen LogP) is 3.12. The van der Waals surface area contributed by atoms with E-state index in [1.54, 1.807) is 11.8 Å². The SMILES string of the molecule is COc1c(CNC[C@@H]2CCN(c3cccc(Br)c3)C2)c(C)nn1C. The van der Waals surface area contributed by atoms with Gasteiger partial charge < -0.3 is 15.0 Å². The molecular weight excluding hydrogens is 368 g/mol. The Balaban J connectivity index is 1.52. The minimum atomic E-state index is 0.673. The zero-order chi connectivity index (χ0) is 17.1. The molecule has 0 spiro atoms. The third-order valence-corrected chi connectivity index (χ3v) is 5.17. The highest BCUT2D eigenvalue weighted by atomic mass is 79.9. The maximum atomic E-state index is 5.45. The Morgan fingerprint density at radius 2 is 2.25 bits per heavy atom.